The van der Waals surface area contributed by atoms with Crippen LogP contribution in [0.4, 0.5) is 20.2 Å². The maximum absolute atomic E-state index is 13.2. The number of halogens is 2. The van der Waals surface area contributed by atoms with E-state index < -0.39 is 23.7 Å². The Morgan fingerprint density at radius 3 is 2.55 bits per heavy atom. The van der Waals surface area contributed by atoms with Gasteiger partial charge in [-0.3, -0.25) is 9.69 Å². The SMILES string of the molecule is Nc1ccc2c(c1)C1(CCN(CCOc3ccc(C(O)O)c(C(F)F)c3)CC1)C(=O)N2. The molecule has 0 saturated carbocycles. The topological polar surface area (TPSA) is 108 Å². The number of aliphatic hydroxyl groups excluding tert-OH is 1. The number of benzene rings is 2. The lowest BCUT2D eigenvalue weighted by atomic mass is 9.73. The van der Waals surface area contributed by atoms with Crippen LogP contribution in [0.25, 0.3) is 0 Å². The number of nitrogens with one attached hydrogen (secondary N) is 1. The highest BCUT2D eigenvalue weighted by Gasteiger charge is 2.48. The molecular weight excluding hydrogens is 408 g/mol. The molecule has 2 heterocycles. The molecule has 2 aliphatic heterocycles. The summed E-state index contributed by atoms with van der Waals surface area (Å²) in [6.45, 7) is 2.26. The molecule has 2 aromatic rings. The Kier molecular flexibility index (Phi) is 5.83. The molecule has 9 heteroatoms. The molecule has 0 bridgehead atoms. The molecule has 0 radical (unpaired) electrons. The Morgan fingerprint density at radius 2 is 1.87 bits per heavy atom. The Hall–Kier alpha value is -2.75. The molecule has 1 fully saturated rings. The maximum atomic E-state index is 13.2. The second kappa shape index (κ2) is 8.41. The Balaban J connectivity index is 1.34. The molecule has 1 amide bonds. The van der Waals surface area contributed by atoms with Crippen LogP contribution in [0.5, 0.6) is 5.75 Å². The normalized spacial score (nSPS) is 17.9. The fourth-order valence-corrected chi connectivity index (χ4v) is 4.45. The van der Waals surface area contributed by atoms with E-state index >= 15 is 0 Å². The van der Waals surface area contributed by atoms with Gasteiger partial charge in [-0.15, -0.1) is 0 Å². The number of hydrogen-bond donors (Lipinski definition) is 4. The smallest absolute Gasteiger partial charge is 0.264 e. The standard InChI is InChI=1S/C22H25F2N3O4/c23-19(24)16-12-14(2-3-15(16)20(28)29)31-10-9-27-7-5-22(6-8-27)17-11-13(25)1-4-18(17)26-21(22)30/h1-4,11-12,19-20,28-29H,5-10,25H2,(H,26,30). The minimum Gasteiger partial charge on any atom is -0.492 e. The van der Waals surface area contributed by atoms with Crippen molar-refractivity contribution in [2.45, 2.75) is 31.0 Å². The van der Waals surface area contributed by atoms with Gasteiger partial charge in [0, 0.05) is 29.0 Å². The van der Waals surface area contributed by atoms with Gasteiger partial charge in [0.2, 0.25) is 5.91 Å². The highest BCUT2D eigenvalue weighted by atomic mass is 19.3. The van der Waals surface area contributed by atoms with Crippen molar-refractivity contribution in [2.75, 3.05) is 37.3 Å². The Labute approximate surface area is 178 Å². The van der Waals surface area contributed by atoms with Crippen LogP contribution in [-0.2, 0) is 10.2 Å². The summed E-state index contributed by atoms with van der Waals surface area (Å²) in [6.07, 6.45) is -3.48. The molecule has 0 unspecified atom stereocenters. The molecule has 0 atom stereocenters. The molecule has 0 aliphatic carbocycles. The van der Waals surface area contributed by atoms with E-state index in [0.717, 1.165) is 17.3 Å². The number of ether oxygens (including phenoxy) is 1. The number of anilines is 2. The second-order valence-electron chi connectivity index (χ2n) is 8.00. The number of fused-ring (bicyclic) bond motifs is 2. The monoisotopic (exact) mass is 433 g/mol. The molecular formula is C22H25F2N3O4. The molecule has 2 aliphatic rings. The number of piperidine rings is 1. The lowest BCUT2D eigenvalue weighted by molar-refractivity contribution is -0.122. The highest BCUT2D eigenvalue weighted by molar-refractivity contribution is 6.06. The fourth-order valence-electron chi connectivity index (χ4n) is 4.45. The minimum absolute atomic E-state index is 0.00897. The fraction of sp³-hybridized carbons (Fsp3) is 0.409. The predicted molar refractivity (Wildman–Crippen MR) is 111 cm³/mol. The summed E-state index contributed by atoms with van der Waals surface area (Å²) in [4.78, 5) is 14.9. The molecule has 1 saturated heterocycles. The summed E-state index contributed by atoms with van der Waals surface area (Å²) in [7, 11) is 0. The number of nitrogen functional groups attached to an aromatic ring is 1. The number of nitrogens with two attached hydrogens (primary N) is 1. The number of carbonyl (C=O) groups excluding carboxylic acids is 1. The second-order valence-corrected chi connectivity index (χ2v) is 8.00. The summed E-state index contributed by atoms with van der Waals surface area (Å²) >= 11 is 0. The quantitative estimate of drug-likeness (QED) is 0.412. The molecule has 0 aromatic heterocycles. The van der Waals surface area contributed by atoms with Crippen LogP contribution in [0.3, 0.4) is 0 Å². The Bertz CT molecular complexity index is 975. The van der Waals surface area contributed by atoms with Gasteiger partial charge in [-0.1, -0.05) is 0 Å². The van der Waals surface area contributed by atoms with Crippen molar-refractivity contribution in [1.82, 2.24) is 4.90 Å². The lowest BCUT2D eigenvalue weighted by Gasteiger charge is -2.38. The van der Waals surface area contributed by atoms with Crippen molar-refractivity contribution < 1.29 is 28.5 Å². The lowest BCUT2D eigenvalue weighted by Crippen LogP contribution is -2.47. The van der Waals surface area contributed by atoms with Crippen LogP contribution in [0.2, 0.25) is 0 Å². The van der Waals surface area contributed by atoms with E-state index in [0.29, 0.717) is 38.2 Å². The number of likely N-dealkylation sites (tertiary alicyclic amines) is 1. The summed E-state index contributed by atoms with van der Waals surface area (Å²) in [5, 5.41) is 21.4. The van der Waals surface area contributed by atoms with E-state index in [9.17, 15) is 23.8 Å². The summed E-state index contributed by atoms with van der Waals surface area (Å²) in [6, 6.07) is 9.29. The number of amides is 1. The Morgan fingerprint density at radius 1 is 1.13 bits per heavy atom. The van der Waals surface area contributed by atoms with Crippen LogP contribution in [0, 0.1) is 0 Å². The number of hydrogen-bond acceptors (Lipinski definition) is 6. The van der Waals surface area contributed by atoms with Crippen LogP contribution >= 0.6 is 0 Å². The molecule has 166 valence electrons. The molecule has 4 rings (SSSR count). The van der Waals surface area contributed by atoms with Crippen LogP contribution in [-0.4, -0.2) is 47.3 Å². The first kappa shape index (κ1) is 21.5. The number of aliphatic hydroxyl groups is 2. The van der Waals surface area contributed by atoms with E-state index in [1.807, 2.05) is 12.1 Å². The van der Waals surface area contributed by atoms with Crippen molar-refractivity contribution in [3.8, 4) is 5.75 Å². The average molecular weight is 433 g/mol. The molecule has 5 N–H and O–H groups in total. The van der Waals surface area contributed by atoms with E-state index in [1.54, 1.807) is 6.07 Å². The largest absolute Gasteiger partial charge is 0.492 e. The van der Waals surface area contributed by atoms with Crippen LogP contribution in [0.1, 0.15) is 42.2 Å². The minimum atomic E-state index is -2.84. The van der Waals surface area contributed by atoms with Gasteiger partial charge in [0.1, 0.15) is 12.4 Å². The number of rotatable bonds is 6. The maximum Gasteiger partial charge on any atom is 0.264 e. The first-order chi connectivity index (χ1) is 14.8. The summed E-state index contributed by atoms with van der Waals surface area (Å²) < 4.78 is 31.9. The molecule has 1 spiro atoms. The van der Waals surface area contributed by atoms with Gasteiger partial charge in [0.05, 0.1) is 5.41 Å². The summed E-state index contributed by atoms with van der Waals surface area (Å²) in [5.41, 5.74) is 7.08. The van der Waals surface area contributed by atoms with Crippen molar-refractivity contribution >= 4 is 17.3 Å². The van der Waals surface area contributed by atoms with E-state index in [4.69, 9.17) is 10.5 Å². The van der Waals surface area contributed by atoms with Crippen molar-refractivity contribution in [3.05, 3.63) is 53.1 Å². The first-order valence-corrected chi connectivity index (χ1v) is 10.1. The van der Waals surface area contributed by atoms with E-state index in [1.165, 1.54) is 12.1 Å². The van der Waals surface area contributed by atoms with Crippen LogP contribution in [0.15, 0.2) is 36.4 Å². The average Bonchev–Trinajstić information content (AvgIpc) is 3.00. The summed E-state index contributed by atoms with van der Waals surface area (Å²) in [5.74, 6) is 0.252. The molecule has 2 aromatic carbocycles. The van der Waals surface area contributed by atoms with Crippen molar-refractivity contribution in [3.63, 3.8) is 0 Å². The van der Waals surface area contributed by atoms with Gasteiger partial charge < -0.3 is 26.0 Å². The molecule has 7 nitrogen and oxygen atoms in total. The van der Waals surface area contributed by atoms with Gasteiger partial charge in [-0.2, -0.15) is 0 Å². The number of carbonyl (C=O) groups is 1. The van der Waals surface area contributed by atoms with Gasteiger partial charge >= 0.3 is 0 Å². The zero-order chi connectivity index (χ0) is 22.2. The zero-order valence-corrected chi connectivity index (χ0v) is 16.9. The van der Waals surface area contributed by atoms with Crippen molar-refractivity contribution in [2.24, 2.45) is 0 Å². The predicted octanol–water partition coefficient (Wildman–Crippen LogP) is 2.55. The van der Waals surface area contributed by atoms with Gasteiger partial charge in [-0.05, 0) is 67.9 Å². The van der Waals surface area contributed by atoms with Gasteiger partial charge in [0.25, 0.3) is 6.43 Å². The third-order valence-electron chi connectivity index (χ3n) is 6.20. The number of nitrogens with zero attached hydrogens (tertiary/aromatic N) is 1. The zero-order valence-electron chi connectivity index (χ0n) is 16.9. The van der Waals surface area contributed by atoms with E-state index in [2.05, 4.69) is 10.2 Å². The van der Waals surface area contributed by atoms with E-state index in [-0.39, 0.29) is 23.8 Å². The van der Waals surface area contributed by atoms with Crippen LogP contribution < -0.4 is 15.8 Å². The highest BCUT2D eigenvalue weighted by Crippen LogP contribution is 2.45. The van der Waals surface area contributed by atoms with Gasteiger partial charge in [-0.25, -0.2) is 8.78 Å². The van der Waals surface area contributed by atoms with Gasteiger partial charge in [0.15, 0.2) is 6.29 Å². The third-order valence-corrected chi connectivity index (χ3v) is 6.20. The third kappa shape index (κ3) is 4.08. The van der Waals surface area contributed by atoms with Crippen molar-refractivity contribution in [1.29, 1.82) is 0 Å². The number of alkyl halides is 2. The first-order valence-electron chi connectivity index (χ1n) is 10.1. The molecule has 31 heavy (non-hydrogen) atoms.